The predicted octanol–water partition coefficient (Wildman–Crippen LogP) is 24.0. The maximum Gasteiger partial charge on any atom is 0.306 e. The smallest absolute Gasteiger partial charge is 0.306 e. The number of rotatable bonds is 64. The van der Waals surface area contributed by atoms with E-state index in [4.69, 9.17) is 9.47 Å². The molecule has 458 valence electrons. The second kappa shape index (κ2) is 69.3. The normalized spacial score (nSPS) is 12.7. The van der Waals surface area contributed by atoms with E-state index in [0.717, 1.165) is 89.9 Å². The van der Waals surface area contributed by atoms with E-state index in [1.165, 1.54) is 238 Å². The third kappa shape index (κ3) is 67.5. The van der Waals surface area contributed by atoms with Gasteiger partial charge in [0.1, 0.15) is 6.61 Å². The van der Waals surface area contributed by atoms with Crippen LogP contribution in [0.5, 0.6) is 0 Å². The Morgan fingerprint density at radius 2 is 0.544 bits per heavy atom. The Morgan fingerprint density at radius 3 is 0.823 bits per heavy atom. The minimum Gasteiger partial charge on any atom is -0.462 e. The van der Waals surface area contributed by atoms with Crippen LogP contribution in [0.15, 0.2) is 85.1 Å². The number of aliphatic hydroxyl groups excluding tert-OH is 1. The van der Waals surface area contributed by atoms with Gasteiger partial charge in [-0.3, -0.25) is 9.59 Å². The van der Waals surface area contributed by atoms with Gasteiger partial charge in [0.25, 0.3) is 0 Å². The van der Waals surface area contributed by atoms with Gasteiger partial charge in [0.2, 0.25) is 0 Å². The van der Waals surface area contributed by atoms with E-state index < -0.39 is 6.10 Å². The molecule has 0 aromatic rings. The fourth-order valence-electron chi connectivity index (χ4n) is 10.3. The Morgan fingerprint density at radius 1 is 0.304 bits per heavy atom. The summed E-state index contributed by atoms with van der Waals surface area (Å²) >= 11 is 0. The number of carbonyl (C=O) groups is 2. The summed E-state index contributed by atoms with van der Waals surface area (Å²) in [6.07, 6.45) is 97.6. The first-order valence-corrected chi connectivity index (χ1v) is 34.6. The number of aliphatic hydroxyl groups is 1. The topological polar surface area (TPSA) is 72.8 Å². The number of esters is 2. The molecule has 5 nitrogen and oxygen atoms in total. The lowest BCUT2D eigenvalue weighted by Gasteiger charge is -2.15. The minimum atomic E-state index is -0.780. The summed E-state index contributed by atoms with van der Waals surface area (Å²) < 4.78 is 10.8. The summed E-state index contributed by atoms with van der Waals surface area (Å²) in [4.78, 5) is 24.6. The van der Waals surface area contributed by atoms with Gasteiger partial charge in [-0.2, -0.15) is 0 Å². The van der Waals surface area contributed by atoms with Gasteiger partial charge in [-0.05, 0) is 70.6 Å². The van der Waals surface area contributed by atoms with Gasteiger partial charge in [-0.1, -0.05) is 356 Å². The number of carbonyl (C=O) groups excluding carboxylic acids is 2. The molecular formula is C74H132O5. The first-order valence-electron chi connectivity index (χ1n) is 34.6. The molecule has 0 amide bonds. The lowest BCUT2D eigenvalue weighted by Crippen LogP contribution is -2.28. The van der Waals surface area contributed by atoms with E-state index >= 15 is 0 Å². The number of hydrogen-bond acceptors (Lipinski definition) is 5. The van der Waals surface area contributed by atoms with E-state index in [1.807, 2.05) is 0 Å². The maximum atomic E-state index is 12.4. The highest BCUT2D eigenvalue weighted by atomic mass is 16.6. The van der Waals surface area contributed by atoms with Crippen LogP contribution in [-0.4, -0.2) is 36.4 Å². The van der Waals surface area contributed by atoms with Crippen molar-refractivity contribution >= 4 is 11.9 Å². The minimum absolute atomic E-state index is 0.0681. The van der Waals surface area contributed by atoms with Gasteiger partial charge >= 0.3 is 11.9 Å². The summed E-state index contributed by atoms with van der Waals surface area (Å²) in [6.45, 7) is 4.07. The molecule has 0 aliphatic rings. The van der Waals surface area contributed by atoms with Gasteiger partial charge in [0.15, 0.2) is 6.10 Å². The monoisotopic (exact) mass is 1100 g/mol. The summed E-state index contributed by atoms with van der Waals surface area (Å²) in [7, 11) is 0. The van der Waals surface area contributed by atoms with Gasteiger partial charge in [0, 0.05) is 12.8 Å². The Bertz CT molecular complexity index is 1430. The van der Waals surface area contributed by atoms with E-state index in [-0.39, 0.29) is 25.2 Å². The Kier molecular flexibility index (Phi) is 66.8. The van der Waals surface area contributed by atoms with Crippen LogP contribution in [0, 0.1) is 0 Å². The van der Waals surface area contributed by atoms with Crippen molar-refractivity contribution in [3.8, 4) is 0 Å². The molecule has 0 fully saturated rings. The summed E-state index contributed by atoms with van der Waals surface area (Å²) in [5.41, 5.74) is 0. The summed E-state index contributed by atoms with van der Waals surface area (Å²) in [6, 6.07) is 0. The lowest BCUT2D eigenvalue weighted by atomic mass is 10.0. The van der Waals surface area contributed by atoms with Crippen LogP contribution in [-0.2, 0) is 19.1 Å². The molecule has 0 aliphatic heterocycles. The fourth-order valence-corrected chi connectivity index (χ4v) is 10.3. The second-order valence-corrected chi connectivity index (χ2v) is 23.2. The number of allylic oxidation sites excluding steroid dienone is 14. The number of ether oxygens (including phenoxy) is 2. The van der Waals surface area contributed by atoms with Crippen LogP contribution >= 0.6 is 0 Å². The molecule has 0 spiro atoms. The third-order valence-electron chi connectivity index (χ3n) is 15.5. The van der Waals surface area contributed by atoms with Crippen molar-refractivity contribution in [2.75, 3.05) is 13.2 Å². The third-order valence-corrected chi connectivity index (χ3v) is 15.5. The largest absolute Gasteiger partial charge is 0.462 e. The van der Waals surface area contributed by atoms with E-state index in [0.29, 0.717) is 12.8 Å². The molecule has 5 heteroatoms. The van der Waals surface area contributed by atoms with Crippen LogP contribution in [0.4, 0.5) is 0 Å². The van der Waals surface area contributed by atoms with E-state index in [2.05, 4.69) is 98.9 Å². The SMILES string of the molecule is CC/C=C\C/C=C\C/C=C\C/C=C\C/C=C\C/C=C\C/C=C\CCCCCCCCCCCC(=O)OC(CO)COC(=O)CCCCCCCCCCCCCCCCCCCCCCCCCCCCCCCCCCCC. The average Bonchev–Trinajstić information content (AvgIpc) is 3.45. The first kappa shape index (κ1) is 76.1. The molecular weight excluding hydrogens is 969 g/mol. The molecule has 0 aromatic heterocycles. The van der Waals surface area contributed by atoms with Gasteiger partial charge in [-0.25, -0.2) is 0 Å². The van der Waals surface area contributed by atoms with Crippen molar-refractivity contribution in [3.05, 3.63) is 85.1 Å². The molecule has 0 aliphatic carbocycles. The van der Waals surface area contributed by atoms with Crippen LogP contribution in [0.25, 0.3) is 0 Å². The zero-order valence-corrected chi connectivity index (χ0v) is 52.6. The molecule has 1 atom stereocenters. The molecule has 0 heterocycles. The van der Waals surface area contributed by atoms with Crippen molar-refractivity contribution in [1.29, 1.82) is 0 Å². The van der Waals surface area contributed by atoms with Crippen LogP contribution in [0.2, 0.25) is 0 Å². The lowest BCUT2D eigenvalue weighted by molar-refractivity contribution is -0.161. The Balaban J connectivity index is 3.45. The number of unbranched alkanes of at least 4 members (excludes halogenated alkanes) is 42. The van der Waals surface area contributed by atoms with Crippen LogP contribution < -0.4 is 0 Å². The van der Waals surface area contributed by atoms with Crippen molar-refractivity contribution in [1.82, 2.24) is 0 Å². The molecule has 0 saturated heterocycles. The highest BCUT2D eigenvalue weighted by molar-refractivity contribution is 5.70. The van der Waals surface area contributed by atoms with Crippen molar-refractivity contribution < 1.29 is 24.2 Å². The van der Waals surface area contributed by atoms with Crippen molar-refractivity contribution in [2.24, 2.45) is 0 Å². The molecule has 1 unspecified atom stereocenters. The molecule has 0 radical (unpaired) electrons. The van der Waals surface area contributed by atoms with Crippen molar-refractivity contribution in [2.45, 2.75) is 360 Å². The Labute approximate surface area is 492 Å². The quantitative estimate of drug-likeness (QED) is 0.0373. The van der Waals surface area contributed by atoms with Crippen LogP contribution in [0.1, 0.15) is 354 Å². The van der Waals surface area contributed by atoms with Crippen molar-refractivity contribution in [3.63, 3.8) is 0 Å². The molecule has 1 N–H and O–H groups in total. The second-order valence-electron chi connectivity index (χ2n) is 23.2. The predicted molar refractivity (Wildman–Crippen MR) is 348 cm³/mol. The van der Waals surface area contributed by atoms with E-state index in [1.54, 1.807) is 0 Å². The maximum absolute atomic E-state index is 12.4. The summed E-state index contributed by atoms with van der Waals surface area (Å²) in [5.74, 6) is -0.585. The molecule has 0 saturated carbocycles. The van der Waals surface area contributed by atoms with E-state index in [9.17, 15) is 14.7 Å². The van der Waals surface area contributed by atoms with Crippen LogP contribution in [0.3, 0.4) is 0 Å². The number of hydrogen-bond donors (Lipinski definition) is 1. The first-order chi connectivity index (χ1) is 39.1. The highest BCUT2D eigenvalue weighted by Crippen LogP contribution is 2.18. The van der Waals surface area contributed by atoms with Gasteiger partial charge in [-0.15, -0.1) is 0 Å². The molecule has 0 bridgehead atoms. The highest BCUT2D eigenvalue weighted by Gasteiger charge is 2.16. The zero-order chi connectivity index (χ0) is 56.9. The summed E-state index contributed by atoms with van der Waals surface area (Å²) in [5, 5.41) is 9.70. The molecule has 0 aromatic carbocycles. The zero-order valence-electron chi connectivity index (χ0n) is 52.6. The standard InChI is InChI=1S/C74H132O5/c1-3-5-7-9-11-13-15-17-19-21-23-25-27-29-31-33-35-36-37-39-40-42-44-46-48-50-52-54-56-58-60-62-64-66-68-73(76)78-71-72(70-75)79-74(77)69-67-65-63-61-59-57-55-53-51-49-47-45-43-41-38-34-32-30-28-26-24-22-20-18-16-14-12-10-8-6-4-2/h6,8,12,14,18,20,24,26,30,32,38,41,45,47,72,75H,3-5,7,9-11,13,15-17,19,21-23,25,27-29,31,33-37,39-40,42-44,46,48-71H2,1-2H3/b8-6-,14-12-,20-18-,26-24-,32-30-,41-38-,47-45-. The molecule has 0 rings (SSSR count). The fraction of sp³-hybridized carbons (Fsp3) is 0.784. The van der Waals surface area contributed by atoms with Gasteiger partial charge < -0.3 is 14.6 Å². The average molecular weight is 1100 g/mol. The van der Waals surface area contributed by atoms with Gasteiger partial charge in [0.05, 0.1) is 6.61 Å². The molecule has 79 heavy (non-hydrogen) atoms. The Hall–Kier alpha value is -2.92.